The van der Waals surface area contributed by atoms with E-state index in [1.54, 1.807) is 0 Å². The number of nitrogens with one attached hydrogen (secondary N) is 2. The topological polar surface area (TPSA) is 62.5 Å². The SMILES string of the molecule is CCNC(=NCc1cc(C(C)C)no1)NC1CC=CC1.I. The van der Waals surface area contributed by atoms with Gasteiger partial charge in [0.25, 0.3) is 0 Å². The summed E-state index contributed by atoms with van der Waals surface area (Å²) in [6.07, 6.45) is 6.52. The first-order valence-electron chi connectivity index (χ1n) is 7.34. The molecule has 5 nitrogen and oxygen atoms in total. The Hall–Kier alpha value is -1.05. The zero-order valence-electron chi connectivity index (χ0n) is 12.9. The van der Waals surface area contributed by atoms with E-state index in [2.05, 4.69) is 53.7 Å². The number of aromatic nitrogens is 1. The van der Waals surface area contributed by atoms with Crippen LogP contribution in [0.5, 0.6) is 0 Å². The van der Waals surface area contributed by atoms with Gasteiger partial charge in [-0.1, -0.05) is 31.2 Å². The van der Waals surface area contributed by atoms with Crippen molar-refractivity contribution in [3.8, 4) is 0 Å². The Balaban J connectivity index is 0.00000220. The average molecular weight is 404 g/mol. The van der Waals surface area contributed by atoms with Gasteiger partial charge in [-0.05, 0) is 25.7 Å². The van der Waals surface area contributed by atoms with Gasteiger partial charge in [-0.2, -0.15) is 0 Å². The number of hydrogen-bond donors (Lipinski definition) is 2. The Morgan fingerprint density at radius 3 is 2.71 bits per heavy atom. The van der Waals surface area contributed by atoms with Crippen LogP contribution < -0.4 is 10.6 Å². The maximum atomic E-state index is 5.30. The van der Waals surface area contributed by atoms with Crippen LogP contribution in [0, 0.1) is 0 Å². The van der Waals surface area contributed by atoms with Crippen molar-refractivity contribution in [1.82, 2.24) is 15.8 Å². The van der Waals surface area contributed by atoms with Gasteiger partial charge in [0.05, 0.1) is 5.69 Å². The van der Waals surface area contributed by atoms with Crippen LogP contribution in [0.2, 0.25) is 0 Å². The summed E-state index contributed by atoms with van der Waals surface area (Å²) in [4.78, 5) is 4.55. The Morgan fingerprint density at radius 2 is 2.14 bits per heavy atom. The van der Waals surface area contributed by atoms with E-state index >= 15 is 0 Å². The Morgan fingerprint density at radius 1 is 1.43 bits per heavy atom. The summed E-state index contributed by atoms with van der Waals surface area (Å²) >= 11 is 0. The zero-order chi connectivity index (χ0) is 14.4. The van der Waals surface area contributed by atoms with Crippen molar-refractivity contribution >= 4 is 29.9 Å². The highest BCUT2D eigenvalue weighted by atomic mass is 127. The second-order valence-corrected chi connectivity index (χ2v) is 5.35. The molecule has 2 N–H and O–H groups in total. The summed E-state index contributed by atoms with van der Waals surface area (Å²) in [5.74, 6) is 2.02. The summed E-state index contributed by atoms with van der Waals surface area (Å²) in [6.45, 7) is 7.62. The van der Waals surface area contributed by atoms with Gasteiger partial charge in [-0.3, -0.25) is 0 Å². The summed E-state index contributed by atoms with van der Waals surface area (Å²) < 4.78 is 5.30. The lowest BCUT2D eigenvalue weighted by molar-refractivity contribution is 0.376. The minimum atomic E-state index is 0. The van der Waals surface area contributed by atoms with Gasteiger partial charge < -0.3 is 15.2 Å². The average Bonchev–Trinajstić information content (AvgIpc) is 3.07. The fourth-order valence-electron chi connectivity index (χ4n) is 2.08. The Kier molecular flexibility index (Phi) is 7.77. The first-order valence-corrected chi connectivity index (χ1v) is 7.34. The van der Waals surface area contributed by atoms with E-state index in [1.807, 2.05) is 6.07 Å². The molecule has 6 heteroatoms. The van der Waals surface area contributed by atoms with Crippen LogP contribution in [-0.4, -0.2) is 23.7 Å². The monoisotopic (exact) mass is 404 g/mol. The maximum Gasteiger partial charge on any atom is 0.191 e. The molecule has 0 aliphatic heterocycles. The molecule has 0 aromatic carbocycles. The number of halogens is 1. The van der Waals surface area contributed by atoms with Crippen LogP contribution in [0.1, 0.15) is 51.0 Å². The predicted octanol–water partition coefficient (Wildman–Crippen LogP) is 3.19. The van der Waals surface area contributed by atoms with Crippen molar-refractivity contribution in [2.45, 2.75) is 52.1 Å². The summed E-state index contributed by atoms with van der Waals surface area (Å²) in [6, 6.07) is 2.43. The number of aliphatic imine (C=N–C) groups is 1. The second kappa shape index (κ2) is 9.07. The molecule has 0 saturated heterocycles. The standard InChI is InChI=1S/C15H24N4O.HI/c1-4-16-15(18-12-7-5-6-8-12)17-10-13-9-14(11(2)3)19-20-13;/h5-6,9,11-12H,4,7-8,10H2,1-3H3,(H2,16,17,18);1H. The lowest BCUT2D eigenvalue weighted by Crippen LogP contribution is -2.42. The minimum Gasteiger partial charge on any atom is -0.359 e. The van der Waals surface area contributed by atoms with Gasteiger partial charge in [0.15, 0.2) is 11.7 Å². The Labute approximate surface area is 143 Å². The van der Waals surface area contributed by atoms with Gasteiger partial charge in [-0.15, -0.1) is 24.0 Å². The first kappa shape index (κ1) is 18.0. The molecule has 0 bridgehead atoms. The smallest absolute Gasteiger partial charge is 0.191 e. The number of rotatable bonds is 5. The van der Waals surface area contributed by atoms with Crippen molar-refractivity contribution in [1.29, 1.82) is 0 Å². The largest absolute Gasteiger partial charge is 0.359 e. The third kappa shape index (κ3) is 5.68. The van der Waals surface area contributed by atoms with E-state index in [4.69, 9.17) is 4.52 Å². The first-order chi connectivity index (χ1) is 9.69. The van der Waals surface area contributed by atoms with E-state index in [-0.39, 0.29) is 24.0 Å². The van der Waals surface area contributed by atoms with E-state index in [0.717, 1.165) is 36.8 Å². The number of hydrogen-bond acceptors (Lipinski definition) is 3. The van der Waals surface area contributed by atoms with Crippen molar-refractivity contribution in [3.63, 3.8) is 0 Å². The minimum absolute atomic E-state index is 0. The molecule has 0 unspecified atom stereocenters. The van der Waals surface area contributed by atoms with Crippen molar-refractivity contribution in [2.24, 2.45) is 4.99 Å². The quantitative estimate of drug-likeness (QED) is 0.343. The molecule has 0 amide bonds. The third-order valence-corrected chi connectivity index (χ3v) is 3.25. The molecule has 2 rings (SSSR count). The lowest BCUT2D eigenvalue weighted by Gasteiger charge is -2.16. The molecule has 21 heavy (non-hydrogen) atoms. The predicted molar refractivity (Wildman–Crippen MR) is 96.1 cm³/mol. The van der Waals surface area contributed by atoms with Gasteiger partial charge in [0.2, 0.25) is 0 Å². The summed E-state index contributed by atoms with van der Waals surface area (Å²) in [7, 11) is 0. The second-order valence-electron chi connectivity index (χ2n) is 5.35. The molecule has 0 atom stereocenters. The zero-order valence-corrected chi connectivity index (χ0v) is 15.3. The fourth-order valence-corrected chi connectivity index (χ4v) is 2.08. The normalized spacial score (nSPS) is 15.3. The van der Waals surface area contributed by atoms with Gasteiger partial charge in [-0.25, -0.2) is 4.99 Å². The van der Waals surface area contributed by atoms with E-state index in [1.165, 1.54) is 0 Å². The maximum absolute atomic E-state index is 5.30. The third-order valence-electron chi connectivity index (χ3n) is 3.25. The highest BCUT2D eigenvalue weighted by molar-refractivity contribution is 14.0. The van der Waals surface area contributed by atoms with Crippen LogP contribution in [0.4, 0.5) is 0 Å². The number of nitrogens with zero attached hydrogens (tertiary/aromatic N) is 2. The van der Waals surface area contributed by atoms with Crippen LogP contribution in [0.3, 0.4) is 0 Å². The molecule has 0 radical (unpaired) electrons. The molecule has 1 aromatic heterocycles. The van der Waals surface area contributed by atoms with Gasteiger partial charge >= 0.3 is 0 Å². The number of guanidine groups is 1. The molecule has 1 aliphatic rings. The molecule has 1 heterocycles. The summed E-state index contributed by atoms with van der Waals surface area (Å²) in [5, 5.41) is 10.7. The highest BCUT2D eigenvalue weighted by Gasteiger charge is 2.12. The van der Waals surface area contributed by atoms with Crippen molar-refractivity contribution in [2.75, 3.05) is 6.54 Å². The molecule has 118 valence electrons. The van der Waals surface area contributed by atoms with Crippen LogP contribution in [-0.2, 0) is 6.54 Å². The van der Waals surface area contributed by atoms with Crippen LogP contribution in [0.15, 0.2) is 27.7 Å². The molecule has 0 spiro atoms. The fraction of sp³-hybridized carbons (Fsp3) is 0.600. The molecular weight excluding hydrogens is 379 g/mol. The van der Waals surface area contributed by atoms with E-state index in [9.17, 15) is 0 Å². The molecule has 1 aliphatic carbocycles. The summed E-state index contributed by atoms with van der Waals surface area (Å²) in [5.41, 5.74) is 0.980. The van der Waals surface area contributed by atoms with Crippen molar-refractivity contribution in [3.05, 3.63) is 29.7 Å². The van der Waals surface area contributed by atoms with Crippen molar-refractivity contribution < 1.29 is 4.52 Å². The van der Waals surface area contributed by atoms with Gasteiger partial charge in [0.1, 0.15) is 6.54 Å². The van der Waals surface area contributed by atoms with E-state index in [0.29, 0.717) is 18.5 Å². The van der Waals surface area contributed by atoms with E-state index < -0.39 is 0 Å². The highest BCUT2D eigenvalue weighted by Crippen LogP contribution is 2.14. The molecule has 1 aromatic rings. The molecule has 0 fully saturated rings. The van der Waals surface area contributed by atoms with Crippen LogP contribution >= 0.6 is 24.0 Å². The lowest BCUT2D eigenvalue weighted by atomic mass is 10.1. The van der Waals surface area contributed by atoms with Gasteiger partial charge in [0, 0.05) is 18.7 Å². The molecular formula is C15H25IN4O. The van der Waals surface area contributed by atoms with Crippen LogP contribution in [0.25, 0.3) is 0 Å². The molecule has 0 saturated carbocycles. The Bertz CT molecular complexity index is 474.